The fourth-order valence-electron chi connectivity index (χ4n) is 3.28. The Hall–Kier alpha value is -1.92. The number of hydrogen-bond acceptors (Lipinski definition) is 5. The van der Waals surface area contributed by atoms with Gasteiger partial charge in [-0.1, -0.05) is 6.07 Å². The summed E-state index contributed by atoms with van der Waals surface area (Å²) >= 11 is 1.61. The van der Waals surface area contributed by atoms with Crippen LogP contribution in [-0.2, 0) is 16.0 Å². The van der Waals surface area contributed by atoms with Gasteiger partial charge in [0.05, 0.1) is 12.3 Å². The third-order valence-corrected chi connectivity index (χ3v) is 5.57. The van der Waals surface area contributed by atoms with Crippen molar-refractivity contribution in [2.75, 3.05) is 37.0 Å². The fourth-order valence-corrected chi connectivity index (χ4v) is 4.03. The van der Waals surface area contributed by atoms with E-state index < -0.39 is 0 Å². The largest absolute Gasteiger partial charge is 0.383 e. The highest BCUT2D eigenvalue weighted by Gasteiger charge is 2.35. The Morgan fingerprint density at radius 2 is 2.32 bits per heavy atom. The summed E-state index contributed by atoms with van der Waals surface area (Å²) < 4.78 is 5.05. The predicted molar refractivity (Wildman–Crippen MR) is 101 cm³/mol. The van der Waals surface area contributed by atoms with Crippen LogP contribution in [0.1, 0.15) is 24.8 Å². The molecule has 1 aromatic heterocycles. The molecule has 1 fully saturated rings. The zero-order chi connectivity index (χ0) is 17.2. The first-order chi connectivity index (χ1) is 12.3. The molecule has 2 aliphatic rings. The van der Waals surface area contributed by atoms with Gasteiger partial charge >= 0.3 is 0 Å². The number of nitrogens with zero attached hydrogens (tertiary/aromatic N) is 2. The molecule has 1 saturated carbocycles. The van der Waals surface area contributed by atoms with Gasteiger partial charge in [0, 0.05) is 42.7 Å². The zero-order valence-corrected chi connectivity index (χ0v) is 15.3. The molecular weight excluding hydrogens is 334 g/mol. The van der Waals surface area contributed by atoms with E-state index in [0.717, 1.165) is 60.8 Å². The summed E-state index contributed by atoms with van der Waals surface area (Å²) in [5.74, 6) is 0.580. The number of ether oxygens (including phenoxy) is 1. The van der Waals surface area contributed by atoms with E-state index in [4.69, 9.17) is 4.74 Å². The maximum Gasteiger partial charge on any atom is 0.230 e. The van der Waals surface area contributed by atoms with Crippen molar-refractivity contribution < 1.29 is 9.53 Å². The van der Waals surface area contributed by atoms with Gasteiger partial charge in [0.25, 0.3) is 0 Å². The number of carbonyl (C=O) groups excluding carboxylic acids is 1. The van der Waals surface area contributed by atoms with E-state index in [0.29, 0.717) is 12.5 Å². The lowest BCUT2D eigenvalue weighted by Crippen LogP contribution is -2.36. The van der Waals surface area contributed by atoms with E-state index in [9.17, 15) is 4.79 Å². The number of amides is 1. The molecule has 1 N–H and O–H groups in total. The molecule has 0 saturated heterocycles. The van der Waals surface area contributed by atoms with E-state index in [1.54, 1.807) is 18.4 Å². The first-order valence-corrected chi connectivity index (χ1v) is 9.77. The summed E-state index contributed by atoms with van der Waals surface area (Å²) in [6.45, 7) is 2.27. The van der Waals surface area contributed by atoms with E-state index in [1.165, 1.54) is 5.56 Å². The van der Waals surface area contributed by atoms with Crippen LogP contribution in [0.15, 0.2) is 23.6 Å². The first kappa shape index (κ1) is 16.5. The second kappa shape index (κ2) is 7.14. The Labute approximate surface area is 152 Å². The summed E-state index contributed by atoms with van der Waals surface area (Å²) in [5.41, 5.74) is 4.47. The van der Waals surface area contributed by atoms with Crippen LogP contribution in [0.2, 0.25) is 0 Å². The normalized spacial score (nSPS) is 16.6. The number of hydrogen-bond donors (Lipinski definition) is 1. The molecule has 5 nitrogen and oxygen atoms in total. The monoisotopic (exact) mass is 357 g/mol. The second-order valence-corrected chi connectivity index (χ2v) is 7.53. The molecule has 1 aromatic carbocycles. The molecule has 0 bridgehead atoms. The summed E-state index contributed by atoms with van der Waals surface area (Å²) in [6, 6.07) is 6.39. The molecule has 0 spiro atoms. The van der Waals surface area contributed by atoms with Crippen LogP contribution in [0.3, 0.4) is 0 Å². The van der Waals surface area contributed by atoms with Crippen LogP contribution in [-0.4, -0.2) is 37.7 Å². The third-order valence-electron chi connectivity index (χ3n) is 4.77. The summed E-state index contributed by atoms with van der Waals surface area (Å²) in [7, 11) is 1.69. The SMILES string of the molecule is COCCNc1nc(-c2ccc3c(c2)CCCN3C(=O)C2CC2)cs1. The minimum absolute atomic E-state index is 0.268. The fraction of sp³-hybridized carbons (Fsp3) is 0.474. The predicted octanol–water partition coefficient (Wildman–Crippen LogP) is 3.56. The number of methoxy groups -OCH3 is 1. The number of aromatic nitrogens is 1. The highest BCUT2D eigenvalue weighted by molar-refractivity contribution is 7.14. The van der Waals surface area contributed by atoms with Crippen molar-refractivity contribution in [2.45, 2.75) is 25.7 Å². The molecule has 1 amide bonds. The lowest BCUT2D eigenvalue weighted by molar-refractivity contribution is -0.119. The topological polar surface area (TPSA) is 54.5 Å². The average Bonchev–Trinajstić information content (AvgIpc) is 3.39. The lowest BCUT2D eigenvalue weighted by Gasteiger charge is -2.30. The first-order valence-electron chi connectivity index (χ1n) is 8.89. The van der Waals surface area contributed by atoms with E-state index >= 15 is 0 Å². The molecule has 1 aliphatic carbocycles. The molecule has 132 valence electrons. The van der Waals surface area contributed by atoms with Gasteiger partial charge in [0.2, 0.25) is 5.91 Å². The second-order valence-electron chi connectivity index (χ2n) is 6.67. The summed E-state index contributed by atoms with van der Waals surface area (Å²) in [5, 5.41) is 6.26. The molecule has 0 unspecified atom stereocenters. The molecule has 1 aliphatic heterocycles. The number of benzene rings is 1. The number of rotatable bonds is 6. The van der Waals surface area contributed by atoms with E-state index in [1.807, 2.05) is 4.90 Å². The zero-order valence-electron chi connectivity index (χ0n) is 14.5. The van der Waals surface area contributed by atoms with Gasteiger partial charge < -0.3 is 15.0 Å². The van der Waals surface area contributed by atoms with Gasteiger partial charge in [-0.25, -0.2) is 4.98 Å². The third kappa shape index (κ3) is 3.55. The van der Waals surface area contributed by atoms with Crippen LogP contribution in [0.25, 0.3) is 11.3 Å². The highest BCUT2D eigenvalue weighted by Crippen LogP contribution is 2.37. The molecule has 6 heteroatoms. The quantitative estimate of drug-likeness (QED) is 0.803. The Bertz CT molecular complexity index is 770. The van der Waals surface area contributed by atoms with Gasteiger partial charge in [0.15, 0.2) is 5.13 Å². The molecule has 2 heterocycles. The Morgan fingerprint density at radius 3 is 3.12 bits per heavy atom. The maximum atomic E-state index is 12.5. The Balaban J connectivity index is 1.53. The standard InChI is InChI=1S/C19H23N3O2S/c1-24-10-8-20-19-21-16(12-25-19)14-6-7-17-15(11-14)3-2-9-22(17)18(23)13-4-5-13/h6-7,11-13H,2-5,8-10H2,1H3,(H,20,21). The van der Waals surface area contributed by atoms with Crippen molar-refractivity contribution in [2.24, 2.45) is 5.92 Å². The number of anilines is 2. The Kier molecular flexibility index (Phi) is 4.72. The average molecular weight is 357 g/mol. The van der Waals surface area contributed by atoms with Crippen LogP contribution in [0.4, 0.5) is 10.8 Å². The van der Waals surface area contributed by atoms with Crippen LogP contribution in [0, 0.1) is 5.92 Å². The van der Waals surface area contributed by atoms with Crippen LogP contribution < -0.4 is 10.2 Å². The molecule has 2 aromatic rings. The summed E-state index contributed by atoms with van der Waals surface area (Å²) in [6.07, 6.45) is 4.18. The van der Waals surface area contributed by atoms with E-state index in [-0.39, 0.29) is 5.92 Å². The van der Waals surface area contributed by atoms with Crippen molar-refractivity contribution in [3.05, 3.63) is 29.1 Å². The molecule has 4 rings (SSSR count). The highest BCUT2D eigenvalue weighted by atomic mass is 32.1. The maximum absolute atomic E-state index is 12.5. The van der Waals surface area contributed by atoms with Crippen molar-refractivity contribution >= 4 is 28.1 Å². The minimum atomic E-state index is 0.268. The Morgan fingerprint density at radius 1 is 1.44 bits per heavy atom. The number of nitrogens with one attached hydrogen (secondary N) is 1. The van der Waals surface area contributed by atoms with Crippen molar-refractivity contribution in [1.82, 2.24) is 4.98 Å². The summed E-state index contributed by atoms with van der Waals surface area (Å²) in [4.78, 5) is 19.2. The van der Waals surface area contributed by atoms with Crippen LogP contribution in [0.5, 0.6) is 0 Å². The molecule has 25 heavy (non-hydrogen) atoms. The van der Waals surface area contributed by atoms with Gasteiger partial charge in [-0.15, -0.1) is 11.3 Å². The van der Waals surface area contributed by atoms with Gasteiger partial charge in [-0.3, -0.25) is 4.79 Å². The van der Waals surface area contributed by atoms with Gasteiger partial charge in [0.1, 0.15) is 0 Å². The van der Waals surface area contributed by atoms with Gasteiger partial charge in [-0.05, 0) is 43.4 Å². The molecular formula is C19H23N3O2S. The van der Waals surface area contributed by atoms with Crippen molar-refractivity contribution in [1.29, 1.82) is 0 Å². The number of aryl methyl sites for hydroxylation is 1. The van der Waals surface area contributed by atoms with E-state index in [2.05, 4.69) is 33.9 Å². The minimum Gasteiger partial charge on any atom is -0.383 e. The van der Waals surface area contributed by atoms with Crippen molar-refractivity contribution in [3.63, 3.8) is 0 Å². The number of fused-ring (bicyclic) bond motifs is 1. The molecule has 0 atom stereocenters. The van der Waals surface area contributed by atoms with Gasteiger partial charge in [-0.2, -0.15) is 0 Å². The number of carbonyl (C=O) groups is 1. The smallest absolute Gasteiger partial charge is 0.230 e. The van der Waals surface area contributed by atoms with Crippen molar-refractivity contribution in [3.8, 4) is 11.3 Å². The molecule has 0 radical (unpaired) electrons. The number of thiazole rings is 1. The van der Waals surface area contributed by atoms with Crippen LogP contribution >= 0.6 is 11.3 Å². The lowest BCUT2D eigenvalue weighted by atomic mass is 9.98.